The van der Waals surface area contributed by atoms with E-state index in [1.165, 1.54) is 0 Å². The maximum absolute atomic E-state index is 8.49. The standard InChI is InChI=1S/C12H18ClN3O/c1-8(7-12(14)16-17)15-9(2)10-3-5-11(13)6-4-10/h3-6,8-9,15,17H,7H2,1-2H3,(H2,14,16)/t8?,9-/m1/s1. The number of hydrogen-bond donors (Lipinski definition) is 3. The monoisotopic (exact) mass is 255 g/mol. The second-order valence-corrected chi connectivity index (χ2v) is 4.57. The Morgan fingerprint density at radius 2 is 2.00 bits per heavy atom. The average Bonchev–Trinajstić information content (AvgIpc) is 2.29. The Bertz CT molecular complexity index is 378. The molecular formula is C12H18ClN3O. The van der Waals surface area contributed by atoms with Crippen molar-refractivity contribution in [1.29, 1.82) is 0 Å². The molecule has 0 aromatic heterocycles. The summed E-state index contributed by atoms with van der Waals surface area (Å²) in [5.41, 5.74) is 6.60. The Kier molecular flexibility index (Phi) is 5.25. The van der Waals surface area contributed by atoms with Crippen LogP contribution in [0, 0.1) is 0 Å². The lowest BCUT2D eigenvalue weighted by atomic mass is 10.1. The van der Waals surface area contributed by atoms with E-state index in [0.29, 0.717) is 6.42 Å². The van der Waals surface area contributed by atoms with Gasteiger partial charge in [0, 0.05) is 23.5 Å². The molecule has 1 rings (SSSR count). The molecule has 4 N–H and O–H groups in total. The molecule has 0 spiro atoms. The predicted octanol–water partition coefficient (Wildman–Crippen LogP) is 2.52. The van der Waals surface area contributed by atoms with Gasteiger partial charge < -0.3 is 16.3 Å². The highest BCUT2D eigenvalue weighted by Crippen LogP contribution is 2.16. The Hall–Kier alpha value is -1.26. The van der Waals surface area contributed by atoms with Crippen LogP contribution >= 0.6 is 11.6 Å². The van der Waals surface area contributed by atoms with E-state index in [1.807, 2.05) is 31.2 Å². The number of nitrogens with one attached hydrogen (secondary N) is 1. The zero-order chi connectivity index (χ0) is 12.8. The molecule has 1 unspecified atom stereocenters. The molecule has 0 saturated carbocycles. The van der Waals surface area contributed by atoms with Crippen molar-refractivity contribution in [2.45, 2.75) is 32.4 Å². The lowest BCUT2D eigenvalue weighted by Gasteiger charge is -2.20. The molecule has 2 atom stereocenters. The lowest BCUT2D eigenvalue weighted by Crippen LogP contribution is -2.33. The van der Waals surface area contributed by atoms with Crippen molar-refractivity contribution in [1.82, 2.24) is 5.32 Å². The molecule has 0 bridgehead atoms. The minimum atomic E-state index is 0.136. The van der Waals surface area contributed by atoms with Crippen molar-refractivity contribution in [3.8, 4) is 0 Å². The van der Waals surface area contributed by atoms with E-state index in [0.717, 1.165) is 10.6 Å². The summed E-state index contributed by atoms with van der Waals surface area (Å²) in [7, 11) is 0. The van der Waals surface area contributed by atoms with Gasteiger partial charge in [-0.3, -0.25) is 0 Å². The van der Waals surface area contributed by atoms with E-state index < -0.39 is 0 Å². The van der Waals surface area contributed by atoms with Crippen molar-refractivity contribution >= 4 is 17.4 Å². The van der Waals surface area contributed by atoms with Gasteiger partial charge in [-0.2, -0.15) is 0 Å². The number of rotatable bonds is 5. The van der Waals surface area contributed by atoms with Gasteiger partial charge in [-0.1, -0.05) is 28.9 Å². The molecule has 0 fully saturated rings. The summed E-state index contributed by atoms with van der Waals surface area (Å²) in [5.74, 6) is 0.230. The molecule has 0 heterocycles. The number of nitrogens with two attached hydrogens (primary N) is 1. The van der Waals surface area contributed by atoms with Crippen molar-refractivity contribution in [2.24, 2.45) is 10.9 Å². The molecule has 94 valence electrons. The van der Waals surface area contributed by atoms with Gasteiger partial charge in [0.25, 0.3) is 0 Å². The van der Waals surface area contributed by atoms with Gasteiger partial charge in [0.2, 0.25) is 0 Å². The number of benzene rings is 1. The molecule has 0 radical (unpaired) electrons. The Morgan fingerprint density at radius 1 is 1.41 bits per heavy atom. The molecular weight excluding hydrogens is 238 g/mol. The number of oxime groups is 1. The first-order chi connectivity index (χ1) is 8.02. The van der Waals surface area contributed by atoms with Crippen LogP contribution in [-0.2, 0) is 0 Å². The van der Waals surface area contributed by atoms with Crippen LogP contribution in [0.5, 0.6) is 0 Å². The first-order valence-corrected chi connectivity index (χ1v) is 5.88. The zero-order valence-electron chi connectivity index (χ0n) is 10.0. The fourth-order valence-corrected chi connectivity index (χ4v) is 1.81. The van der Waals surface area contributed by atoms with Crippen molar-refractivity contribution in [3.63, 3.8) is 0 Å². The summed E-state index contributed by atoms with van der Waals surface area (Å²) in [4.78, 5) is 0. The van der Waals surface area contributed by atoms with Crippen LogP contribution in [0.4, 0.5) is 0 Å². The van der Waals surface area contributed by atoms with Gasteiger partial charge in [0.05, 0.1) is 0 Å². The molecule has 4 nitrogen and oxygen atoms in total. The highest BCUT2D eigenvalue weighted by atomic mass is 35.5. The minimum Gasteiger partial charge on any atom is -0.409 e. The summed E-state index contributed by atoms with van der Waals surface area (Å²) in [6, 6.07) is 8.02. The summed E-state index contributed by atoms with van der Waals surface area (Å²) in [5, 5.41) is 15.5. The quantitative estimate of drug-likeness (QED) is 0.328. The lowest BCUT2D eigenvalue weighted by molar-refractivity contribution is 0.315. The second-order valence-electron chi connectivity index (χ2n) is 4.14. The fraction of sp³-hybridized carbons (Fsp3) is 0.417. The van der Waals surface area contributed by atoms with Gasteiger partial charge >= 0.3 is 0 Å². The summed E-state index contributed by atoms with van der Waals surface area (Å²) < 4.78 is 0. The van der Waals surface area contributed by atoms with Crippen LogP contribution in [0.3, 0.4) is 0 Å². The molecule has 0 aliphatic rings. The van der Waals surface area contributed by atoms with E-state index in [1.54, 1.807) is 0 Å². The van der Waals surface area contributed by atoms with Gasteiger partial charge in [0.15, 0.2) is 0 Å². The van der Waals surface area contributed by atoms with Gasteiger partial charge in [-0.25, -0.2) is 0 Å². The smallest absolute Gasteiger partial charge is 0.140 e. The average molecular weight is 256 g/mol. The van der Waals surface area contributed by atoms with Crippen LogP contribution < -0.4 is 11.1 Å². The van der Waals surface area contributed by atoms with E-state index in [-0.39, 0.29) is 17.9 Å². The predicted molar refractivity (Wildman–Crippen MR) is 70.5 cm³/mol. The SMILES string of the molecule is CC(C/C(N)=N/O)N[C@H](C)c1ccc(Cl)cc1. The zero-order valence-corrected chi connectivity index (χ0v) is 10.8. The largest absolute Gasteiger partial charge is 0.409 e. The maximum Gasteiger partial charge on any atom is 0.140 e. The maximum atomic E-state index is 8.49. The van der Waals surface area contributed by atoms with E-state index in [9.17, 15) is 0 Å². The molecule has 1 aromatic carbocycles. The molecule has 0 aliphatic carbocycles. The minimum absolute atomic E-state index is 0.136. The van der Waals surface area contributed by atoms with Crippen LogP contribution in [0.1, 0.15) is 31.9 Å². The van der Waals surface area contributed by atoms with E-state index in [2.05, 4.69) is 17.4 Å². The molecule has 5 heteroatoms. The van der Waals surface area contributed by atoms with Gasteiger partial charge in [-0.05, 0) is 31.5 Å². The second kappa shape index (κ2) is 6.47. The number of halogens is 1. The molecule has 0 amide bonds. The number of nitrogens with zero attached hydrogens (tertiary/aromatic N) is 1. The van der Waals surface area contributed by atoms with E-state index in [4.69, 9.17) is 22.5 Å². The highest BCUT2D eigenvalue weighted by molar-refractivity contribution is 6.30. The molecule has 1 aromatic rings. The highest BCUT2D eigenvalue weighted by Gasteiger charge is 2.10. The summed E-state index contributed by atoms with van der Waals surface area (Å²) >= 11 is 5.83. The van der Waals surface area contributed by atoms with Crippen LogP contribution in [-0.4, -0.2) is 17.1 Å². The third kappa shape index (κ3) is 4.63. The van der Waals surface area contributed by atoms with Crippen LogP contribution in [0.15, 0.2) is 29.4 Å². The summed E-state index contributed by atoms with van der Waals surface area (Å²) in [6.45, 7) is 4.05. The van der Waals surface area contributed by atoms with Crippen LogP contribution in [0.25, 0.3) is 0 Å². The van der Waals surface area contributed by atoms with Crippen molar-refractivity contribution in [3.05, 3.63) is 34.9 Å². The normalized spacial score (nSPS) is 15.6. The van der Waals surface area contributed by atoms with Crippen molar-refractivity contribution in [2.75, 3.05) is 0 Å². The Labute approximate surface area is 106 Å². The third-order valence-corrected chi connectivity index (χ3v) is 2.80. The molecule has 0 saturated heterocycles. The number of hydrogen-bond acceptors (Lipinski definition) is 3. The Morgan fingerprint density at radius 3 is 2.53 bits per heavy atom. The Balaban J connectivity index is 2.54. The first-order valence-electron chi connectivity index (χ1n) is 5.51. The first kappa shape index (κ1) is 13.8. The topological polar surface area (TPSA) is 70.6 Å². The molecule has 17 heavy (non-hydrogen) atoms. The van der Waals surface area contributed by atoms with Gasteiger partial charge in [0.1, 0.15) is 5.84 Å². The van der Waals surface area contributed by atoms with Crippen LogP contribution in [0.2, 0.25) is 5.02 Å². The fourth-order valence-electron chi connectivity index (χ4n) is 1.69. The third-order valence-electron chi connectivity index (χ3n) is 2.55. The van der Waals surface area contributed by atoms with E-state index >= 15 is 0 Å². The number of amidine groups is 1. The summed E-state index contributed by atoms with van der Waals surface area (Å²) in [6.07, 6.45) is 0.508. The molecule has 0 aliphatic heterocycles. The van der Waals surface area contributed by atoms with Gasteiger partial charge in [-0.15, -0.1) is 0 Å². The van der Waals surface area contributed by atoms with Crippen molar-refractivity contribution < 1.29 is 5.21 Å².